The number of aryl methyl sites for hydroxylation is 2. The number of aromatic nitrogens is 4. The molecule has 2 aromatic carbocycles. The first kappa shape index (κ1) is 41.3. The highest BCUT2D eigenvalue weighted by Gasteiger charge is 2.38. The Bertz CT molecular complexity index is 2180. The number of H-pyrrole nitrogens is 2. The lowest BCUT2D eigenvalue weighted by molar-refractivity contribution is -0.137. The zero-order chi connectivity index (χ0) is 42.1. The first-order valence-electron chi connectivity index (χ1n) is 20.7. The van der Waals surface area contributed by atoms with Crippen molar-refractivity contribution in [2.24, 2.45) is 11.8 Å². The lowest BCUT2D eigenvalue weighted by Gasteiger charge is -2.33. The number of likely N-dealkylation sites (tertiary alicyclic amines) is 1. The number of alkyl carbamates (subject to hydrolysis) is 2. The topological polar surface area (TPSA) is 184 Å². The van der Waals surface area contributed by atoms with Gasteiger partial charge in [0.2, 0.25) is 11.8 Å². The van der Waals surface area contributed by atoms with Crippen molar-refractivity contribution in [3.63, 3.8) is 0 Å². The van der Waals surface area contributed by atoms with E-state index < -0.39 is 24.3 Å². The van der Waals surface area contributed by atoms with Crippen molar-refractivity contribution < 1.29 is 33.4 Å². The van der Waals surface area contributed by atoms with E-state index in [0.29, 0.717) is 25.5 Å². The van der Waals surface area contributed by atoms with E-state index >= 15 is 0 Å². The Kier molecular flexibility index (Phi) is 12.0. The fraction of sp³-hybridized carbons (Fsp3) is 0.500. The van der Waals surface area contributed by atoms with E-state index in [4.69, 9.17) is 24.2 Å². The number of hydrogen-bond donors (Lipinski definition) is 4. The molecular formula is C44H56N8O7. The molecule has 4 heterocycles. The first-order chi connectivity index (χ1) is 28.3. The molecule has 4 N–H and O–H groups in total. The molecule has 15 nitrogen and oxygen atoms in total. The molecular weight excluding hydrogens is 753 g/mol. The predicted octanol–water partition coefficient (Wildman–Crippen LogP) is 6.85. The van der Waals surface area contributed by atoms with Crippen LogP contribution in [0.1, 0.15) is 101 Å². The van der Waals surface area contributed by atoms with E-state index in [1.54, 1.807) is 4.90 Å². The average Bonchev–Trinajstić information content (AvgIpc) is 4.03. The fourth-order valence-corrected chi connectivity index (χ4v) is 8.71. The standard InChI is InChI=1S/C44H56N8O7/c1-9-14-51(41(53)37(23(2)3)49-43(55)57-7)25(6)39-45-20-31(47-39)28-16-26-12-13-27-17-29(19-34-36(27)35(26)30(18-28)22-59-34)32-21-46-40(48-32)33-11-10-15-52(33)42(54)38(24(4)5)50-44(56)58-8/h16-21,23-25,33,37-38H,9-15,22H2,1-8H3,(H,45,47)(H,46,48)(H,49,55)(H,50,56)/t25-,33-,37-,38-/m0/s1. The summed E-state index contributed by atoms with van der Waals surface area (Å²) in [6.07, 6.45) is 6.43. The van der Waals surface area contributed by atoms with E-state index in [2.05, 4.69) is 44.9 Å². The van der Waals surface area contributed by atoms with Gasteiger partial charge in [0, 0.05) is 29.8 Å². The third-order valence-corrected chi connectivity index (χ3v) is 11.8. The summed E-state index contributed by atoms with van der Waals surface area (Å²) < 4.78 is 16.1. The highest BCUT2D eigenvalue weighted by molar-refractivity contribution is 5.88. The molecule has 314 valence electrons. The second-order valence-electron chi connectivity index (χ2n) is 16.4. The van der Waals surface area contributed by atoms with Gasteiger partial charge in [-0.2, -0.15) is 0 Å². The molecule has 0 radical (unpaired) electrons. The van der Waals surface area contributed by atoms with Gasteiger partial charge < -0.3 is 44.6 Å². The van der Waals surface area contributed by atoms with Crippen molar-refractivity contribution in [2.45, 2.75) is 104 Å². The maximum absolute atomic E-state index is 13.8. The van der Waals surface area contributed by atoms with Crippen LogP contribution in [0.4, 0.5) is 9.59 Å². The number of aromatic amines is 2. The van der Waals surface area contributed by atoms with Crippen molar-refractivity contribution in [3.8, 4) is 39.4 Å². The Morgan fingerprint density at radius 2 is 1.46 bits per heavy atom. The summed E-state index contributed by atoms with van der Waals surface area (Å²) in [6, 6.07) is 6.66. The van der Waals surface area contributed by atoms with Crippen molar-refractivity contribution in [2.75, 3.05) is 27.3 Å². The van der Waals surface area contributed by atoms with Gasteiger partial charge in [0.15, 0.2) is 0 Å². The molecule has 0 bridgehead atoms. The molecule has 1 fully saturated rings. The molecule has 3 aliphatic rings. The SMILES string of the molecule is CCCN(C(=O)[C@@H](NC(=O)OC)C(C)C)[C@@H](C)c1ncc(-c2cc3c4c(c2)COc2cc(-c5cnc([C@@H]6CCCN6C(=O)[C@@H](NC(=O)OC)C(C)C)[nH]5)cc(c2-4)CC3)[nH]1. The van der Waals surface area contributed by atoms with E-state index in [0.717, 1.165) is 77.3 Å². The maximum atomic E-state index is 13.8. The van der Waals surface area contributed by atoms with E-state index in [1.165, 1.54) is 30.9 Å². The van der Waals surface area contributed by atoms with Crippen molar-refractivity contribution in [3.05, 3.63) is 65.0 Å². The highest BCUT2D eigenvalue weighted by Crippen LogP contribution is 2.48. The van der Waals surface area contributed by atoms with E-state index in [9.17, 15) is 19.2 Å². The molecule has 2 aromatic heterocycles. The third kappa shape index (κ3) is 8.11. The monoisotopic (exact) mass is 808 g/mol. The molecule has 4 aromatic rings. The second kappa shape index (κ2) is 17.2. The number of benzene rings is 2. The lowest BCUT2D eigenvalue weighted by atomic mass is 9.79. The van der Waals surface area contributed by atoms with Crippen LogP contribution in [-0.2, 0) is 38.5 Å². The number of nitrogens with zero attached hydrogens (tertiary/aromatic N) is 4. The lowest BCUT2D eigenvalue weighted by Crippen LogP contribution is -2.52. The van der Waals surface area contributed by atoms with Crippen LogP contribution in [0.3, 0.4) is 0 Å². The fourth-order valence-electron chi connectivity index (χ4n) is 8.71. The molecule has 7 rings (SSSR count). The molecule has 2 aliphatic heterocycles. The summed E-state index contributed by atoms with van der Waals surface area (Å²) in [5, 5.41) is 5.42. The zero-order valence-corrected chi connectivity index (χ0v) is 35.2. The number of rotatable bonds is 13. The van der Waals surface area contributed by atoms with Gasteiger partial charge in [-0.3, -0.25) is 9.59 Å². The first-order valence-corrected chi connectivity index (χ1v) is 20.7. The summed E-state index contributed by atoms with van der Waals surface area (Å²) in [4.78, 5) is 71.7. The number of imidazole rings is 2. The quantitative estimate of drug-likeness (QED) is 0.112. The van der Waals surface area contributed by atoms with Crippen LogP contribution in [0.25, 0.3) is 33.6 Å². The number of carbonyl (C=O) groups is 4. The van der Waals surface area contributed by atoms with Gasteiger partial charge in [-0.05, 0) is 97.4 Å². The average molecular weight is 809 g/mol. The van der Waals surface area contributed by atoms with Crippen LogP contribution < -0.4 is 15.4 Å². The molecule has 59 heavy (non-hydrogen) atoms. The molecule has 0 spiro atoms. The molecule has 0 saturated carbocycles. The minimum atomic E-state index is -0.734. The van der Waals surface area contributed by atoms with Gasteiger partial charge in [-0.1, -0.05) is 34.6 Å². The van der Waals surface area contributed by atoms with E-state index in [-0.39, 0.29) is 35.7 Å². The number of methoxy groups -OCH3 is 2. The minimum absolute atomic E-state index is 0.116. The van der Waals surface area contributed by atoms with Gasteiger partial charge in [-0.25, -0.2) is 19.6 Å². The third-order valence-electron chi connectivity index (χ3n) is 11.8. The van der Waals surface area contributed by atoms with Gasteiger partial charge >= 0.3 is 12.2 Å². The number of hydrogen-bond acceptors (Lipinski definition) is 9. The Morgan fingerprint density at radius 3 is 2.12 bits per heavy atom. The van der Waals surface area contributed by atoms with Crippen LogP contribution in [-0.4, -0.2) is 93.1 Å². The van der Waals surface area contributed by atoms with E-state index in [1.807, 2.05) is 58.8 Å². The van der Waals surface area contributed by atoms with Gasteiger partial charge in [0.05, 0.1) is 50.1 Å². The molecule has 4 amide bonds. The summed E-state index contributed by atoms with van der Waals surface area (Å²) in [6.45, 7) is 13.1. The summed E-state index contributed by atoms with van der Waals surface area (Å²) in [5.74, 6) is 1.63. The van der Waals surface area contributed by atoms with Gasteiger partial charge in [0.1, 0.15) is 36.1 Å². The largest absolute Gasteiger partial charge is 0.488 e. The summed E-state index contributed by atoms with van der Waals surface area (Å²) >= 11 is 0. The predicted molar refractivity (Wildman–Crippen MR) is 221 cm³/mol. The number of ether oxygens (including phenoxy) is 3. The number of nitrogens with one attached hydrogen (secondary N) is 4. The smallest absolute Gasteiger partial charge is 0.407 e. The highest BCUT2D eigenvalue weighted by atomic mass is 16.5. The Labute approximate surface area is 345 Å². The van der Waals surface area contributed by atoms with Gasteiger partial charge in [-0.15, -0.1) is 0 Å². The Hall–Kier alpha value is -5.86. The number of amides is 4. The summed E-state index contributed by atoms with van der Waals surface area (Å²) in [5.41, 5.74) is 9.59. The molecule has 1 saturated heterocycles. The Balaban J connectivity index is 1.11. The Morgan fingerprint density at radius 1 is 0.847 bits per heavy atom. The molecule has 4 atom stereocenters. The van der Waals surface area contributed by atoms with Crippen molar-refractivity contribution >= 4 is 24.0 Å². The second-order valence-corrected chi connectivity index (χ2v) is 16.4. The van der Waals surface area contributed by atoms with Gasteiger partial charge in [0.25, 0.3) is 0 Å². The molecule has 15 heteroatoms. The zero-order valence-electron chi connectivity index (χ0n) is 35.2. The van der Waals surface area contributed by atoms with Crippen LogP contribution in [0, 0.1) is 11.8 Å². The maximum Gasteiger partial charge on any atom is 0.407 e. The minimum Gasteiger partial charge on any atom is -0.488 e. The molecule has 0 unspecified atom stereocenters. The van der Waals surface area contributed by atoms with Crippen molar-refractivity contribution in [1.29, 1.82) is 0 Å². The normalized spacial score (nSPS) is 16.8. The van der Waals surface area contributed by atoms with Crippen molar-refractivity contribution in [1.82, 2.24) is 40.4 Å². The molecule has 1 aliphatic carbocycles. The number of carbonyl (C=O) groups excluding carboxylic acids is 4. The summed E-state index contributed by atoms with van der Waals surface area (Å²) in [7, 11) is 2.58. The van der Waals surface area contributed by atoms with Crippen LogP contribution >= 0.6 is 0 Å². The van der Waals surface area contributed by atoms with Crippen LogP contribution in [0.15, 0.2) is 36.7 Å². The van der Waals surface area contributed by atoms with Crippen LogP contribution in [0.5, 0.6) is 5.75 Å². The van der Waals surface area contributed by atoms with Crippen LogP contribution in [0.2, 0.25) is 0 Å².